The van der Waals surface area contributed by atoms with Gasteiger partial charge in [-0.25, -0.2) is 4.39 Å². The molecule has 3 aromatic rings. The number of amides is 2. The van der Waals surface area contributed by atoms with Crippen molar-refractivity contribution < 1.29 is 23.5 Å². The van der Waals surface area contributed by atoms with Crippen LogP contribution >= 0.6 is 0 Å². The molecule has 0 aromatic heterocycles. The summed E-state index contributed by atoms with van der Waals surface area (Å²) in [6, 6.07) is 24.0. The normalized spacial score (nSPS) is 14.7. The van der Waals surface area contributed by atoms with Gasteiger partial charge in [-0.3, -0.25) is 14.5 Å². The number of likely N-dealkylation sites (tertiary alicyclic amines) is 1. The Labute approximate surface area is 224 Å². The van der Waals surface area contributed by atoms with Crippen LogP contribution in [0.4, 0.5) is 4.39 Å². The fourth-order valence-corrected chi connectivity index (χ4v) is 3.97. The topological polar surface area (TPSA) is 108 Å². The Hall–Kier alpha value is -3.75. The van der Waals surface area contributed by atoms with Crippen molar-refractivity contribution in [3.8, 4) is 11.5 Å². The summed E-state index contributed by atoms with van der Waals surface area (Å²) in [5.74, 6) is 1.60. The van der Waals surface area contributed by atoms with E-state index in [0.717, 1.165) is 31.2 Å². The molecule has 4 rings (SSSR count). The number of halogens is 1. The van der Waals surface area contributed by atoms with Crippen LogP contribution in [-0.4, -0.2) is 43.5 Å². The first-order chi connectivity index (χ1) is 18.4. The van der Waals surface area contributed by atoms with E-state index >= 15 is 0 Å². The molecule has 1 heterocycles. The zero-order valence-corrected chi connectivity index (χ0v) is 21.9. The molecule has 0 spiro atoms. The van der Waals surface area contributed by atoms with Crippen LogP contribution in [0.25, 0.3) is 0 Å². The smallest absolute Gasteiger partial charge is 0.231 e. The van der Waals surface area contributed by atoms with Crippen molar-refractivity contribution in [3.05, 3.63) is 95.8 Å². The van der Waals surface area contributed by atoms with Crippen molar-refractivity contribution >= 4 is 12.3 Å². The van der Waals surface area contributed by atoms with E-state index in [1.54, 1.807) is 12.1 Å². The molecule has 0 saturated carbocycles. The number of hydrogen-bond donors (Lipinski definition) is 2. The second-order valence-electron chi connectivity index (χ2n) is 9.07. The Morgan fingerprint density at radius 3 is 2.18 bits per heavy atom. The third kappa shape index (κ3) is 13.0. The molecule has 204 valence electrons. The van der Waals surface area contributed by atoms with Gasteiger partial charge >= 0.3 is 0 Å². The SMILES string of the molecule is CC1CCCN(CC(N)=O)C1.Fc1ccc(Oc2ccc(CCOCc3ccccc3)cc2)cc1.NC=O. The lowest BCUT2D eigenvalue weighted by Crippen LogP contribution is -2.40. The third-order valence-electron chi connectivity index (χ3n) is 5.74. The van der Waals surface area contributed by atoms with Gasteiger partial charge in [0.25, 0.3) is 0 Å². The number of rotatable bonds is 9. The van der Waals surface area contributed by atoms with E-state index in [4.69, 9.17) is 20.0 Å². The predicted molar refractivity (Wildman–Crippen MR) is 147 cm³/mol. The van der Waals surface area contributed by atoms with Crippen molar-refractivity contribution in [2.24, 2.45) is 17.4 Å². The van der Waals surface area contributed by atoms with E-state index in [1.165, 1.54) is 36.1 Å². The van der Waals surface area contributed by atoms with Gasteiger partial charge in [-0.05, 0) is 79.3 Å². The largest absolute Gasteiger partial charge is 0.457 e. The molecule has 1 aliphatic rings. The molecule has 1 aliphatic heterocycles. The Morgan fingerprint density at radius 1 is 1.00 bits per heavy atom. The van der Waals surface area contributed by atoms with E-state index in [1.807, 2.05) is 42.5 Å². The van der Waals surface area contributed by atoms with Gasteiger partial charge in [-0.2, -0.15) is 0 Å². The number of primary amides is 2. The maximum Gasteiger partial charge on any atom is 0.231 e. The Balaban J connectivity index is 0.000000302. The van der Waals surface area contributed by atoms with E-state index < -0.39 is 0 Å². The zero-order chi connectivity index (χ0) is 27.6. The first-order valence-electron chi connectivity index (χ1n) is 12.7. The standard InChI is InChI=1S/C21H19FO2.C8H16N2O.CH3NO/c22-19-8-12-21(13-9-19)24-20-10-6-17(7-11-20)14-15-23-16-18-4-2-1-3-5-18;1-7-3-2-4-10(5-7)6-8(9)11;2-1-3/h1-13H,14-16H2;7H,2-6H2,1H3,(H2,9,11);1H,(H2,2,3). The van der Waals surface area contributed by atoms with Crippen molar-refractivity contribution in [2.75, 3.05) is 26.2 Å². The second kappa shape index (κ2) is 17.7. The molecule has 1 saturated heterocycles. The summed E-state index contributed by atoms with van der Waals surface area (Å²) >= 11 is 0. The van der Waals surface area contributed by atoms with Gasteiger partial charge in [0.2, 0.25) is 12.3 Å². The molecular formula is C30H38FN3O4. The van der Waals surface area contributed by atoms with E-state index in [-0.39, 0.29) is 18.1 Å². The monoisotopic (exact) mass is 523 g/mol. The quantitative estimate of drug-likeness (QED) is 0.313. The highest BCUT2D eigenvalue weighted by atomic mass is 19.1. The minimum absolute atomic E-state index is 0.209. The Bertz CT molecular complexity index is 1060. The van der Waals surface area contributed by atoms with Gasteiger partial charge in [0, 0.05) is 6.54 Å². The highest BCUT2D eigenvalue weighted by Crippen LogP contribution is 2.22. The average molecular weight is 524 g/mol. The van der Waals surface area contributed by atoms with Gasteiger partial charge < -0.3 is 20.9 Å². The molecule has 38 heavy (non-hydrogen) atoms. The number of carbonyl (C=O) groups is 2. The first kappa shape index (κ1) is 30.5. The highest BCUT2D eigenvalue weighted by Gasteiger charge is 2.16. The van der Waals surface area contributed by atoms with Crippen LogP contribution in [0, 0.1) is 11.7 Å². The Morgan fingerprint density at radius 2 is 1.61 bits per heavy atom. The van der Waals surface area contributed by atoms with Crippen molar-refractivity contribution in [1.82, 2.24) is 4.90 Å². The lowest BCUT2D eigenvalue weighted by molar-refractivity contribution is -0.119. The summed E-state index contributed by atoms with van der Waals surface area (Å²) in [6.45, 7) is 6.02. The molecule has 7 nitrogen and oxygen atoms in total. The van der Waals surface area contributed by atoms with Crippen LogP contribution in [0.3, 0.4) is 0 Å². The van der Waals surface area contributed by atoms with Crippen LogP contribution < -0.4 is 16.2 Å². The maximum absolute atomic E-state index is 12.9. The predicted octanol–water partition coefficient (Wildman–Crippen LogP) is 4.68. The molecule has 8 heteroatoms. The molecule has 1 atom stereocenters. The van der Waals surface area contributed by atoms with Crippen LogP contribution in [0.15, 0.2) is 78.9 Å². The van der Waals surface area contributed by atoms with Crippen molar-refractivity contribution in [3.63, 3.8) is 0 Å². The minimum atomic E-state index is -0.270. The van der Waals surface area contributed by atoms with Gasteiger partial charge in [-0.15, -0.1) is 0 Å². The fourth-order valence-electron chi connectivity index (χ4n) is 3.97. The number of nitrogens with zero attached hydrogens (tertiary/aromatic N) is 1. The first-order valence-corrected chi connectivity index (χ1v) is 12.7. The molecule has 0 bridgehead atoms. The van der Waals surface area contributed by atoms with Gasteiger partial charge in [0.1, 0.15) is 17.3 Å². The second-order valence-corrected chi connectivity index (χ2v) is 9.07. The van der Waals surface area contributed by atoms with Crippen molar-refractivity contribution in [2.45, 2.75) is 32.8 Å². The summed E-state index contributed by atoms with van der Waals surface area (Å²) in [5.41, 5.74) is 11.6. The molecule has 0 aliphatic carbocycles. The van der Waals surface area contributed by atoms with Crippen LogP contribution in [0.5, 0.6) is 11.5 Å². The summed E-state index contributed by atoms with van der Waals surface area (Å²) in [7, 11) is 0. The molecule has 1 unspecified atom stereocenters. The van der Waals surface area contributed by atoms with Crippen LogP contribution in [0.2, 0.25) is 0 Å². The number of nitrogens with two attached hydrogens (primary N) is 2. The van der Waals surface area contributed by atoms with Crippen molar-refractivity contribution in [1.29, 1.82) is 0 Å². The average Bonchev–Trinajstić information content (AvgIpc) is 2.90. The number of ether oxygens (including phenoxy) is 2. The highest BCUT2D eigenvalue weighted by molar-refractivity contribution is 5.75. The van der Waals surface area contributed by atoms with Gasteiger partial charge in [0.05, 0.1) is 19.8 Å². The third-order valence-corrected chi connectivity index (χ3v) is 5.74. The van der Waals surface area contributed by atoms with Gasteiger partial charge in [0.15, 0.2) is 0 Å². The maximum atomic E-state index is 12.9. The number of benzene rings is 3. The number of piperidine rings is 1. The molecular weight excluding hydrogens is 485 g/mol. The summed E-state index contributed by atoms with van der Waals surface area (Å²) < 4.78 is 24.2. The van der Waals surface area contributed by atoms with Crippen LogP contribution in [-0.2, 0) is 27.4 Å². The van der Waals surface area contributed by atoms with Gasteiger partial charge in [-0.1, -0.05) is 49.4 Å². The fraction of sp³-hybridized carbons (Fsp3) is 0.333. The minimum Gasteiger partial charge on any atom is -0.457 e. The lowest BCUT2D eigenvalue weighted by Gasteiger charge is -2.29. The molecule has 3 aromatic carbocycles. The van der Waals surface area contributed by atoms with E-state index in [9.17, 15) is 9.18 Å². The lowest BCUT2D eigenvalue weighted by atomic mass is 10.0. The number of hydrogen-bond acceptors (Lipinski definition) is 5. The number of carbonyl (C=O) groups excluding carboxylic acids is 2. The van der Waals surface area contributed by atoms with E-state index in [0.29, 0.717) is 25.5 Å². The molecule has 1 fully saturated rings. The summed E-state index contributed by atoms with van der Waals surface area (Å²) in [5, 5.41) is 0. The zero-order valence-electron chi connectivity index (χ0n) is 21.9. The summed E-state index contributed by atoms with van der Waals surface area (Å²) in [4.78, 5) is 21.3. The van der Waals surface area contributed by atoms with Crippen LogP contribution in [0.1, 0.15) is 30.9 Å². The van der Waals surface area contributed by atoms with E-state index in [2.05, 4.69) is 29.7 Å². The molecule has 0 radical (unpaired) electrons. The summed E-state index contributed by atoms with van der Waals surface area (Å²) in [6.07, 6.45) is 3.59. The Kier molecular flexibility index (Phi) is 14.2. The molecule has 4 N–H and O–H groups in total. The molecule has 2 amide bonds.